The first-order chi connectivity index (χ1) is 12.5. The standard InChI is InChI=1S/C20H16BrN3O2/c1-12-3-2-4-13(7-12)11-24-19(25)18(23-20(24)26)8-14-10-22-17-6-5-15(21)9-16(14)17/h2-10,25H,11H2,1H3,(H,23,26). The average Bonchev–Trinajstić information content (AvgIpc) is 3.11. The molecule has 0 bridgehead atoms. The van der Waals surface area contributed by atoms with Crippen LogP contribution in [-0.2, 0) is 6.54 Å². The maximum absolute atomic E-state index is 12.3. The van der Waals surface area contributed by atoms with Crippen LogP contribution in [0.15, 0.2) is 56.7 Å². The van der Waals surface area contributed by atoms with Crippen LogP contribution in [0, 0.1) is 6.92 Å². The molecule has 2 N–H and O–H groups in total. The Morgan fingerprint density at radius 3 is 2.92 bits per heavy atom. The van der Waals surface area contributed by atoms with Crippen LogP contribution in [-0.4, -0.2) is 20.9 Å². The molecule has 0 radical (unpaired) electrons. The van der Waals surface area contributed by atoms with Crippen LogP contribution in [0.2, 0.25) is 0 Å². The summed E-state index contributed by atoms with van der Waals surface area (Å²) in [5.41, 5.74) is 4.74. The van der Waals surface area contributed by atoms with Gasteiger partial charge in [0.2, 0.25) is 5.88 Å². The Morgan fingerprint density at radius 2 is 2.12 bits per heavy atom. The van der Waals surface area contributed by atoms with E-state index in [9.17, 15) is 9.90 Å². The molecule has 0 atom stereocenters. The number of aromatic nitrogens is 2. The Hall–Kier alpha value is -2.86. The van der Waals surface area contributed by atoms with E-state index in [1.165, 1.54) is 4.57 Å². The lowest BCUT2D eigenvalue weighted by Gasteiger charge is -2.05. The molecule has 2 heterocycles. The lowest BCUT2D eigenvalue weighted by Crippen LogP contribution is -2.17. The minimum atomic E-state index is -0.347. The smallest absolute Gasteiger partial charge is 0.329 e. The SMILES string of the molecule is Cc1cccc(Cn2c(O)c(C=C3C=Nc4ccc(Br)cc43)[nH]c2=O)c1. The molecular weight excluding hydrogens is 394 g/mol. The van der Waals surface area contributed by atoms with Crippen molar-refractivity contribution in [1.82, 2.24) is 9.55 Å². The van der Waals surface area contributed by atoms with E-state index in [4.69, 9.17) is 0 Å². The molecule has 0 saturated carbocycles. The number of allylic oxidation sites excluding steroid dienone is 1. The van der Waals surface area contributed by atoms with E-state index in [0.29, 0.717) is 12.2 Å². The Kier molecular flexibility index (Phi) is 4.12. The number of aromatic amines is 1. The molecule has 1 aromatic heterocycles. The van der Waals surface area contributed by atoms with Crippen LogP contribution in [0.1, 0.15) is 22.4 Å². The number of halogens is 1. The van der Waals surface area contributed by atoms with Crippen LogP contribution in [0.5, 0.6) is 5.88 Å². The Bertz CT molecular complexity index is 1120. The zero-order valence-electron chi connectivity index (χ0n) is 14.0. The Labute approximate surface area is 158 Å². The number of hydrogen-bond acceptors (Lipinski definition) is 3. The fraction of sp³-hybridized carbons (Fsp3) is 0.100. The number of rotatable bonds is 3. The molecule has 0 saturated heterocycles. The molecule has 4 rings (SSSR count). The summed E-state index contributed by atoms with van der Waals surface area (Å²) >= 11 is 3.46. The molecule has 130 valence electrons. The number of aromatic hydroxyl groups is 1. The van der Waals surface area contributed by atoms with Gasteiger partial charge in [-0.1, -0.05) is 45.8 Å². The third-order valence-corrected chi connectivity index (χ3v) is 4.81. The van der Waals surface area contributed by atoms with Crippen molar-refractivity contribution in [3.05, 3.63) is 79.8 Å². The van der Waals surface area contributed by atoms with E-state index in [0.717, 1.165) is 32.4 Å². The average molecular weight is 410 g/mol. The summed E-state index contributed by atoms with van der Waals surface area (Å²) in [7, 11) is 0. The van der Waals surface area contributed by atoms with Crippen LogP contribution in [0.4, 0.5) is 5.69 Å². The molecule has 2 aromatic carbocycles. The van der Waals surface area contributed by atoms with Gasteiger partial charge in [-0.15, -0.1) is 0 Å². The minimum Gasteiger partial charge on any atom is -0.493 e. The summed E-state index contributed by atoms with van der Waals surface area (Å²) in [4.78, 5) is 19.4. The van der Waals surface area contributed by atoms with Gasteiger partial charge in [-0.3, -0.25) is 9.56 Å². The number of hydrogen-bond donors (Lipinski definition) is 2. The van der Waals surface area contributed by atoms with E-state index in [1.807, 2.05) is 49.4 Å². The van der Waals surface area contributed by atoms with Crippen molar-refractivity contribution in [2.24, 2.45) is 4.99 Å². The first-order valence-electron chi connectivity index (χ1n) is 8.14. The molecule has 0 fully saturated rings. The highest BCUT2D eigenvalue weighted by Gasteiger charge is 2.16. The van der Waals surface area contributed by atoms with Crippen LogP contribution in [0.25, 0.3) is 11.6 Å². The van der Waals surface area contributed by atoms with E-state index >= 15 is 0 Å². The monoisotopic (exact) mass is 409 g/mol. The van der Waals surface area contributed by atoms with Gasteiger partial charge in [0.25, 0.3) is 0 Å². The summed E-state index contributed by atoms with van der Waals surface area (Å²) in [5.74, 6) is -0.0825. The molecule has 1 aliphatic rings. The maximum atomic E-state index is 12.3. The molecule has 0 spiro atoms. The number of H-pyrrole nitrogens is 1. The van der Waals surface area contributed by atoms with Gasteiger partial charge in [0.15, 0.2) is 0 Å². The van der Waals surface area contributed by atoms with Crippen molar-refractivity contribution in [2.75, 3.05) is 0 Å². The second-order valence-electron chi connectivity index (χ2n) is 6.26. The van der Waals surface area contributed by atoms with Gasteiger partial charge in [0.1, 0.15) is 5.69 Å². The molecule has 0 unspecified atom stereocenters. The topological polar surface area (TPSA) is 70.4 Å². The minimum absolute atomic E-state index is 0.0825. The Morgan fingerprint density at radius 1 is 1.27 bits per heavy atom. The fourth-order valence-corrected chi connectivity index (χ4v) is 3.41. The van der Waals surface area contributed by atoms with Gasteiger partial charge in [-0.05, 0) is 36.8 Å². The molecule has 5 nitrogen and oxygen atoms in total. The van der Waals surface area contributed by atoms with Crippen molar-refractivity contribution in [1.29, 1.82) is 0 Å². The number of aryl methyl sites for hydroxylation is 1. The third kappa shape index (κ3) is 3.04. The van der Waals surface area contributed by atoms with Gasteiger partial charge < -0.3 is 10.1 Å². The summed E-state index contributed by atoms with van der Waals surface area (Å²) in [6, 6.07) is 13.7. The first-order valence-corrected chi connectivity index (χ1v) is 8.93. The first kappa shape index (κ1) is 16.6. The van der Waals surface area contributed by atoms with Gasteiger partial charge >= 0.3 is 5.69 Å². The molecule has 6 heteroatoms. The summed E-state index contributed by atoms with van der Waals surface area (Å²) < 4.78 is 2.28. The second kappa shape index (κ2) is 6.46. The highest BCUT2D eigenvalue weighted by Crippen LogP contribution is 2.35. The molecule has 3 aromatic rings. The predicted octanol–water partition coefficient (Wildman–Crippen LogP) is 4.26. The summed E-state index contributed by atoms with van der Waals surface area (Å²) in [6.07, 6.45) is 3.47. The molecular formula is C20H16BrN3O2. The van der Waals surface area contributed by atoms with E-state index in [1.54, 1.807) is 12.3 Å². The van der Waals surface area contributed by atoms with Crippen molar-refractivity contribution in [3.8, 4) is 5.88 Å². The molecule has 1 aliphatic heterocycles. The second-order valence-corrected chi connectivity index (χ2v) is 7.18. The molecule has 0 aliphatic carbocycles. The number of fused-ring (bicyclic) bond motifs is 1. The van der Waals surface area contributed by atoms with Crippen molar-refractivity contribution in [3.63, 3.8) is 0 Å². The quantitative estimate of drug-likeness (QED) is 0.678. The number of nitrogens with one attached hydrogen (secondary N) is 1. The van der Waals surface area contributed by atoms with Gasteiger partial charge in [-0.25, -0.2) is 4.79 Å². The normalized spacial score (nSPS) is 14.2. The lowest BCUT2D eigenvalue weighted by molar-refractivity contribution is 0.420. The van der Waals surface area contributed by atoms with Crippen LogP contribution < -0.4 is 5.69 Å². The number of aliphatic imine (C=N–C) groups is 1. The number of nitrogens with zero attached hydrogens (tertiary/aromatic N) is 2. The van der Waals surface area contributed by atoms with E-state index in [2.05, 4.69) is 25.9 Å². The van der Waals surface area contributed by atoms with Crippen molar-refractivity contribution >= 4 is 39.5 Å². The van der Waals surface area contributed by atoms with Gasteiger partial charge in [0.05, 0.1) is 12.2 Å². The van der Waals surface area contributed by atoms with Crippen molar-refractivity contribution < 1.29 is 5.11 Å². The van der Waals surface area contributed by atoms with E-state index in [-0.39, 0.29) is 11.6 Å². The summed E-state index contributed by atoms with van der Waals surface area (Å²) in [6.45, 7) is 2.30. The van der Waals surface area contributed by atoms with Gasteiger partial charge in [0, 0.05) is 21.8 Å². The van der Waals surface area contributed by atoms with Crippen LogP contribution in [0.3, 0.4) is 0 Å². The van der Waals surface area contributed by atoms with E-state index < -0.39 is 0 Å². The third-order valence-electron chi connectivity index (χ3n) is 4.32. The number of imidazole rings is 1. The highest BCUT2D eigenvalue weighted by atomic mass is 79.9. The molecule has 0 amide bonds. The fourth-order valence-electron chi connectivity index (χ4n) is 3.05. The van der Waals surface area contributed by atoms with Gasteiger partial charge in [-0.2, -0.15) is 0 Å². The zero-order valence-corrected chi connectivity index (χ0v) is 15.6. The lowest BCUT2D eigenvalue weighted by atomic mass is 10.1. The number of benzene rings is 2. The summed E-state index contributed by atoms with van der Waals surface area (Å²) in [5, 5.41) is 10.5. The predicted molar refractivity (Wildman–Crippen MR) is 107 cm³/mol. The molecule has 26 heavy (non-hydrogen) atoms. The maximum Gasteiger partial charge on any atom is 0.329 e. The zero-order chi connectivity index (χ0) is 18.3. The highest BCUT2D eigenvalue weighted by molar-refractivity contribution is 9.10. The van der Waals surface area contributed by atoms with Crippen LogP contribution >= 0.6 is 15.9 Å². The largest absolute Gasteiger partial charge is 0.493 e. The Balaban J connectivity index is 1.71. The van der Waals surface area contributed by atoms with Crippen molar-refractivity contribution in [2.45, 2.75) is 13.5 Å².